The second kappa shape index (κ2) is 7.45. The first-order valence-corrected chi connectivity index (χ1v) is 6.90. The van der Waals surface area contributed by atoms with Crippen LogP contribution in [0.2, 0.25) is 0 Å². The molecule has 0 spiro atoms. The largest absolute Gasteiger partial charge is 0.497 e. The lowest BCUT2D eigenvalue weighted by Crippen LogP contribution is -2.34. The second-order valence-electron chi connectivity index (χ2n) is 4.79. The molecule has 0 radical (unpaired) electrons. The molecule has 1 atom stereocenters. The van der Waals surface area contributed by atoms with Crippen LogP contribution in [0.4, 0.5) is 0 Å². The number of carbonyl (C=O) groups is 1. The summed E-state index contributed by atoms with van der Waals surface area (Å²) in [6, 6.07) is 17.1. The fourth-order valence-electron chi connectivity index (χ4n) is 2.18. The van der Waals surface area contributed by atoms with Gasteiger partial charge in [-0.1, -0.05) is 42.5 Å². The quantitative estimate of drug-likeness (QED) is 0.853. The average Bonchev–Trinajstić information content (AvgIpc) is 2.53. The maximum atomic E-state index is 12.1. The molecular weight excluding hydrogens is 264 g/mol. The molecule has 0 bridgehead atoms. The van der Waals surface area contributed by atoms with E-state index in [4.69, 9.17) is 10.5 Å². The van der Waals surface area contributed by atoms with Crippen LogP contribution in [0.15, 0.2) is 54.6 Å². The highest BCUT2D eigenvalue weighted by Gasteiger charge is 2.13. The normalized spacial score (nSPS) is 11.7. The molecule has 0 aliphatic heterocycles. The Hall–Kier alpha value is -2.33. The van der Waals surface area contributed by atoms with Crippen molar-refractivity contribution >= 4 is 5.91 Å². The SMILES string of the molecule is COc1cccc(CC(=O)NC(CN)c2ccccc2)c1. The van der Waals surface area contributed by atoms with Crippen LogP contribution < -0.4 is 15.8 Å². The molecule has 110 valence electrons. The average molecular weight is 284 g/mol. The van der Waals surface area contributed by atoms with E-state index >= 15 is 0 Å². The van der Waals surface area contributed by atoms with Gasteiger partial charge in [-0.2, -0.15) is 0 Å². The first-order chi connectivity index (χ1) is 10.2. The standard InChI is InChI=1S/C17H20N2O2/c1-21-15-9-5-6-13(10-15)11-17(20)19-16(12-18)14-7-3-2-4-8-14/h2-10,16H,11-12,18H2,1H3,(H,19,20). The Morgan fingerprint density at radius 3 is 2.62 bits per heavy atom. The molecule has 0 aromatic heterocycles. The van der Waals surface area contributed by atoms with E-state index in [1.165, 1.54) is 0 Å². The summed E-state index contributed by atoms with van der Waals surface area (Å²) >= 11 is 0. The number of amides is 1. The summed E-state index contributed by atoms with van der Waals surface area (Å²) < 4.78 is 5.16. The summed E-state index contributed by atoms with van der Waals surface area (Å²) in [5, 5.41) is 2.96. The van der Waals surface area contributed by atoms with E-state index in [-0.39, 0.29) is 11.9 Å². The highest BCUT2D eigenvalue weighted by molar-refractivity contribution is 5.79. The molecule has 0 aliphatic rings. The maximum absolute atomic E-state index is 12.1. The van der Waals surface area contributed by atoms with Crippen molar-refractivity contribution < 1.29 is 9.53 Å². The number of ether oxygens (including phenoxy) is 1. The number of nitrogens with two attached hydrogens (primary N) is 1. The molecule has 1 unspecified atom stereocenters. The van der Waals surface area contributed by atoms with Gasteiger partial charge in [-0.25, -0.2) is 0 Å². The van der Waals surface area contributed by atoms with Crippen LogP contribution in [0.3, 0.4) is 0 Å². The van der Waals surface area contributed by atoms with Crippen LogP contribution in [-0.4, -0.2) is 19.6 Å². The van der Waals surface area contributed by atoms with Crippen molar-refractivity contribution in [2.75, 3.05) is 13.7 Å². The zero-order valence-electron chi connectivity index (χ0n) is 12.1. The monoisotopic (exact) mass is 284 g/mol. The van der Waals surface area contributed by atoms with Crippen molar-refractivity contribution in [2.45, 2.75) is 12.5 Å². The zero-order chi connectivity index (χ0) is 15.1. The molecule has 4 nitrogen and oxygen atoms in total. The predicted octanol–water partition coefficient (Wildman–Crippen LogP) is 2.05. The van der Waals surface area contributed by atoms with E-state index < -0.39 is 0 Å². The number of nitrogens with one attached hydrogen (secondary N) is 1. The Kier molecular flexibility index (Phi) is 5.35. The van der Waals surface area contributed by atoms with Crippen molar-refractivity contribution in [1.29, 1.82) is 0 Å². The van der Waals surface area contributed by atoms with Crippen LogP contribution in [-0.2, 0) is 11.2 Å². The summed E-state index contributed by atoms with van der Waals surface area (Å²) in [6.45, 7) is 0.369. The van der Waals surface area contributed by atoms with Crippen molar-refractivity contribution in [3.8, 4) is 5.75 Å². The summed E-state index contributed by atoms with van der Waals surface area (Å²) in [5.41, 5.74) is 7.68. The molecule has 0 heterocycles. The van der Waals surface area contributed by atoms with Crippen LogP contribution >= 0.6 is 0 Å². The highest BCUT2D eigenvalue weighted by Crippen LogP contribution is 2.14. The van der Waals surface area contributed by atoms with Gasteiger partial charge in [-0.15, -0.1) is 0 Å². The van der Waals surface area contributed by atoms with Gasteiger partial charge in [0.2, 0.25) is 5.91 Å². The van der Waals surface area contributed by atoms with Crippen LogP contribution in [0, 0.1) is 0 Å². The Morgan fingerprint density at radius 2 is 1.95 bits per heavy atom. The first kappa shape index (κ1) is 15.1. The Balaban J connectivity index is 2.00. The first-order valence-electron chi connectivity index (χ1n) is 6.90. The van der Waals surface area contributed by atoms with E-state index in [1.54, 1.807) is 7.11 Å². The van der Waals surface area contributed by atoms with E-state index in [9.17, 15) is 4.79 Å². The molecule has 0 fully saturated rings. The Bertz CT molecular complexity index is 584. The molecule has 2 rings (SSSR count). The van der Waals surface area contributed by atoms with Gasteiger partial charge in [0.25, 0.3) is 0 Å². The summed E-state index contributed by atoms with van der Waals surface area (Å²) in [7, 11) is 1.61. The number of hydrogen-bond acceptors (Lipinski definition) is 3. The molecule has 2 aromatic carbocycles. The molecule has 0 aliphatic carbocycles. The van der Waals surface area contributed by atoms with Gasteiger partial charge in [-0.3, -0.25) is 4.79 Å². The lowest BCUT2D eigenvalue weighted by Gasteiger charge is -2.17. The fourth-order valence-corrected chi connectivity index (χ4v) is 2.18. The van der Waals surface area contributed by atoms with E-state index in [1.807, 2.05) is 54.6 Å². The number of methoxy groups -OCH3 is 1. The second-order valence-corrected chi connectivity index (χ2v) is 4.79. The molecule has 0 saturated heterocycles. The van der Waals surface area contributed by atoms with Crippen molar-refractivity contribution in [3.05, 3.63) is 65.7 Å². The third kappa shape index (κ3) is 4.33. The molecular formula is C17H20N2O2. The minimum Gasteiger partial charge on any atom is -0.497 e. The van der Waals surface area contributed by atoms with Crippen LogP contribution in [0.5, 0.6) is 5.75 Å². The number of benzene rings is 2. The summed E-state index contributed by atoms with van der Waals surface area (Å²) in [6.07, 6.45) is 0.306. The summed E-state index contributed by atoms with van der Waals surface area (Å²) in [4.78, 5) is 12.1. The zero-order valence-corrected chi connectivity index (χ0v) is 12.1. The van der Waals surface area contributed by atoms with Crippen molar-refractivity contribution in [2.24, 2.45) is 5.73 Å². The van der Waals surface area contributed by atoms with Gasteiger partial charge in [0.15, 0.2) is 0 Å². The lowest BCUT2D eigenvalue weighted by molar-refractivity contribution is -0.121. The van der Waals surface area contributed by atoms with Gasteiger partial charge in [0, 0.05) is 6.54 Å². The van der Waals surface area contributed by atoms with Gasteiger partial charge in [0.1, 0.15) is 5.75 Å². The molecule has 3 N–H and O–H groups in total. The van der Waals surface area contributed by atoms with E-state index in [0.29, 0.717) is 13.0 Å². The number of hydrogen-bond donors (Lipinski definition) is 2. The molecule has 4 heteroatoms. The Labute approximate surface area is 124 Å². The minimum absolute atomic E-state index is 0.0532. The summed E-state index contributed by atoms with van der Waals surface area (Å²) in [5.74, 6) is 0.696. The van der Waals surface area contributed by atoms with Gasteiger partial charge in [-0.05, 0) is 23.3 Å². The topological polar surface area (TPSA) is 64.3 Å². The molecule has 21 heavy (non-hydrogen) atoms. The number of rotatable bonds is 6. The Morgan fingerprint density at radius 1 is 1.19 bits per heavy atom. The van der Waals surface area contributed by atoms with Gasteiger partial charge >= 0.3 is 0 Å². The van der Waals surface area contributed by atoms with Crippen molar-refractivity contribution in [3.63, 3.8) is 0 Å². The third-order valence-corrected chi connectivity index (χ3v) is 3.27. The smallest absolute Gasteiger partial charge is 0.224 e. The highest BCUT2D eigenvalue weighted by atomic mass is 16.5. The van der Waals surface area contributed by atoms with Gasteiger partial charge in [0.05, 0.1) is 19.6 Å². The lowest BCUT2D eigenvalue weighted by atomic mass is 10.1. The molecule has 0 saturated carbocycles. The maximum Gasteiger partial charge on any atom is 0.224 e. The predicted molar refractivity (Wildman–Crippen MR) is 83.1 cm³/mol. The third-order valence-electron chi connectivity index (χ3n) is 3.27. The molecule has 1 amide bonds. The minimum atomic E-state index is -0.163. The number of carbonyl (C=O) groups excluding carboxylic acids is 1. The van der Waals surface area contributed by atoms with E-state index in [0.717, 1.165) is 16.9 Å². The van der Waals surface area contributed by atoms with E-state index in [2.05, 4.69) is 5.32 Å². The van der Waals surface area contributed by atoms with Crippen molar-refractivity contribution in [1.82, 2.24) is 5.32 Å². The van der Waals surface area contributed by atoms with Crippen LogP contribution in [0.25, 0.3) is 0 Å². The van der Waals surface area contributed by atoms with Gasteiger partial charge < -0.3 is 15.8 Å². The fraction of sp³-hybridized carbons (Fsp3) is 0.235. The van der Waals surface area contributed by atoms with Crippen LogP contribution in [0.1, 0.15) is 17.2 Å². The molecule has 2 aromatic rings.